The topological polar surface area (TPSA) is 79.6 Å². The maximum atomic E-state index is 12.1. The fourth-order valence-electron chi connectivity index (χ4n) is 1.66. The molecule has 1 saturated heterocycles. The molecule has 2 heterocycles. The molecule has 0 bridgehead atoms. The van der Waals surface area contributed by atoms with E-state index in [2.05, 4.69) is 0 Å². The number of thiocarbonyl (C=S) groups is 1. The summed E-state index contributed by atoms with van der Waals surface area (Å²) in [5.74, 6) is -0.874. The molecule has 0 spiro atoms. The van der Waals surface area contributed by atoms with Crippen molar-refractivity contribution < 1.29 is 17.8 Å². The van der Waals surface area contributed by atoms with Gasteiger partial charge in [0.25, 0.3) is 16.0 Å². The average molecular weight is 332 g/mol. The number of carbonyl (C=O) groups is 1. The Bertz CT molecular complexity index is 690. The van der Waals surface area contributed by atoms with Crippen LogP contribution in [0.15, 0.2) is 23.2 Å². The lowest BCUT2D eigenvalue weighted by atomic mass is 10.3. The minimum Gasteiger partial charge on any atom is -0.351 e. The highest BCUT2D eigenvalue weighted by molar-refractivity contribution is 8.26. The number of hydrogen-bond donors (Lipinski definition) is 1. The van der Waals surface area contributed by atoms with Gasteiger partial charge in [-0.05, 0) is 18.2 Å². The number of rotatable bonds is 4. The van der Waals surface area contributed by atoms with E-state index in [4.69, 9.17) is 16.8 Å². The molecule has 0 radical (unpaired) electrons. The van der Waals surface area contributed by atoms with Gasteiger partial charge in [-0.3, -0.25) is 14.2 Å². The van der Waals surface area contributed by atoms with E-state index in [1.165, 1.54) is 4.90 Å². The van der Waals surface area contributed by atoms with Gasteiger partial charge < -0.3 is 4.57 Å². The number of nitrogens with zero attached hydrogens (tertiary/aromatic N) is 2. The van der Waals surface area contributed by atoms with Crippen molar-refractivity contribution in [2.45, 2.75) is 0 Å². The highest BCUT2D eigenvalue weighted by Gasteiger charge is 2.32. The molecule has 1 amide bonds. The molecular formula is C11H12N2O4S3. The molecular weight excluding hydrogens is 320 g/mol. The molecule has 1 fully saturated rings. The minimum atomic E-state index is -4.12. The molecule has 0 atom stereocenters. The first-order valence-electron chi connectivity index (χ1n) is 5.60. The predicted octanol–water partition coefficient (Wildman–Crippen LogP) is 1.11. The summed E-state index contributed by atoms with van der Waals surface area (Å²) < 4.78 is 32.3. The first-order valence-corrected chi connectivity index (χ1v) is 8.43. The SMILES string of the molecule is Cn1cccc1C=C1SC(=S)N(CCS(=O)(=O)O)C1=O. The van der Waals surface area contributed by atoms with Gasteiger partial charge in [0.1, 0.15) is 4.32 Å². The van der Waals surface area contributed by atoms with Crippen molar-refractivity contribution in [1.29, 1.82) is 0 Å². The zero-order valence-electron chi connectivity index (χ0n) is 10.5. The lowest BCUT2D eigenvalue weighted by molar-refractivity contribution is -0.121. The first kappa shape index (κ1) is 15.2. The maximum absolute atomic E-state index is 12.1. The van der Waals surface area contributed by atoms with Crippen molar-refractivity contribution >= 4 is 50.4 Å². The molecule has 9 heteroatoms. The molecule has 0 saturated carbocycles. The summed E-state index contributed by atoms with van der Waals surface area (Å²) in [6, 6.07) is 3.70. The molecule has 0 aliphatic carbocycles. The van der Waals surface area contributed by atoms with Crippen LogP contribution in [0.1, 0.15) is 5.69 Å². The molecule has 1 aromatic heterocycles. The Morgan fingerprint density at radius 3 is 2.75 bits per heavy atom. The van der Waals surface area contributed by atoms with Gasteiger partial charge in [-0.25, -0.2) is 0 Å². The van der Waals surface area contributed by atoms with Crippen molar-refractivity contribution in [3.8, 4) is 0 Å². The summed E-state index contributed by atoms with van der Waals surface area (Å²) in [4.78, 5) is 13.8. The van der Waals surface area contributed by atoms with Gasteiger partial charge >= 0.3 is 0 Å². The van der Waals surface area contributed by atoms with E-state index in [0.29, 0.717) is 9.23 Å². The summed E-state index contributed by atoms with van der Waals surface area (Å²) in [5.41, 5.74) is 0.847. The molecule has 1 aliphatic rings. The lowest BCUT2D eigenvalue weighted by Crippen LogP contribution is -2.32. The van der Waals surface area contributed by atoms with E-state index in [1.54, 1.807) is 6.08 Å². The van der Waals surface area contributed by atoms with Gasteiger partial charge in [0, 0.05) is 25.5 Å². The summed E-state index contributed by atoms with van der Waals surface area (Å²) in [5, 5.41) is 0. The van der Waals surface area contributed by atoms with Crippen LogP contribution >= 0.6 is 24.0 Å². The van der Waals surface area contributed by atoms with E-state index in [1.807, 2.05) is 29.9 Å². The minimum absolute atomic E-state index is 0.145. The monoisotopic (exact) mass is 332 g/mol. The Hall–Kier alpha value is -1.16. The third-order valence-electron chi connectivity index (χ3n) is 2.71. The maximum Gasteiger partial charge on any atom is 0.266 e. The average Bonchev–Trinajstić information content (AvgIpc) is 2.83. The van der Waals surface area contributed by atoms with Crippen LogP contribution in [0.2, 0.25) is 0 Å². The summed E-state index contributed by atoms with van der Waals surface area (Å²) in [7, 11) is -2.27. The fourth-order valence-corrected chi connectivity index (χ4v) is 3.36. The van der Waals surface area contributed by atoms with Crippen LogP contribution < -0.4 is 0 Å². The number of carbonyl (C=O) groups excluding carboxylic acids is 1. The molecule has 0 aromatic carbocycles. The quantitative estimate of drug-likeness (QED) is 0.505. The van der Waals surface area contributed by atoms with Crippen LogP contribution in [0, 0.1) is 0 Å². The third-order valence-corrected chi connectivity index (χ3v) is 4.79. The molecule has 6 nitrogen and oxygen atoms in total. The highest BCUT2D eigenvalue weighted by atomic mass is 32.2. The van der Waals surface area contributed by atoms with Gasteiger partial charge in [-0.15, -0.1) is 0 Å². The van der Waals surface area contributed by atoms with Gasteiger partial charge in [-0.2, -0.15) is 8.42 Å². The molecule has 1 N–H and O–H groups in total. The number of amides is 1. The van der Waals surface area contributed by atoms with Gasteiger partial charge in [0.15, 0.2) is 0 Å². The molecule has 0 unspecified atom stereocenters. The van der Waals surface area contributed by atoms with Crippen LogP contribution in [-0.2, 0) is 22.0 Å². The number of hydrogen-bond acceptors (Lipinski definition) is 5. The molecule has 1 aliphatic heterocycles. The van der Waals surface area contributed by atoms with Gasteiger partial charge in [0.2, 0.25) is 0 Å². The molecule has 1 aromatic rings. The lowest BCUT2D eigenvalue weighted by Gasteiger charge is -2.12. The van der Waals surface area contributed by atoms with Crippen molar-refractivity contribution in [3.05, 3.63) is 28.9 Å². The zero-order chi connectivity index (χ0) is 14.9. The Morgan fingerprint density at radius 2 is 2.20 bits per heavy atom. The normalized spacial score (nSPS) is 18.3. The van der Waals surface area contributed by atoms with Crippen molar-refractivity contribution in [3.63, 3.8) is 0 Å². The molecule has 108 valence electrons. The second-order valence-corrected chi connectivity index (χ2v) is 7.41. The van der Waals surface area contributed by atoms with Crippen LogP contribution in [0.3, 0.4) is 0 Å². The largest absolute Gasteiger partial charge is 0.351 e. The number of aromatic nitrogens is 1. The standard InChI is InChI=1S/C11H12N2O4S3/c1-12-4-2-3-8(12)7-9-10(14)13(11(18)19-9)5-6-20(15,16)17/h2-4,7H,5-6H2,1H3,(H,15,16,17). The second-order valence-electron chi connectivity index (χ2n) is 4.16. The summed E-state index contributed by atoms with van der Waals surface area (Å²) in [6.07, 6.45) is 3.55. The Morgan fingerprint density at radius 1 is 1.50 bits per heavy atom. The van der Waals surface area contributed by atoms with Crippen LogP contribution in [-0.4, -0.2) is 45.0 Å². The van der Waals surface area contributed by atoms with Crippen LogP contribution in [0.4, 0.5) is 0 Å². The van der Waals surface area contributed by atoms with E-state index < -0.39 is 15.9 Å². The smallest absolute Gasteiger partial charge is 0.266 e. The van der Waals surface area contributed by atoms with Crippen LogP contribution in [0.5, 0.6) is 0 Å². The van der Waals surface area contributed by atoms with Crippen LogP contribution in [0.25, 0.3) is 6.08 Å². The third kappa shape index (κ3) is 3.48. The van der Waals surface area contributed by atoms with Crippen molar-refractivity contribution in [2.24, 2.45) is 7.05 Å². The van der Waals surface area contributed by atoms with E-state index in [-0.39, 0.29) is 12.5 Å². The number of thioether (sulfide) groups is 1. The first-order chi connectivity index (χ1) is 9.28. The molecule has 2 rings (SSSR count). The van der Waals surface area contributed by atoms with E-state index >= 15 is 0 Å². The van der Waals surface area contributed by atoms with E-state index in [0.717, 1.165) is 17.5 Å². The molecule has 20 heavy (non-hydrogen) atoms. The Kier molecular flexibility index (Phi) is 4.33. The van der Waals surface area contributed by atoms with Crippen molar-refractivity contribution in [1.82, 2.24) is 9.47 Å². The van der Waals surface area contributed by atoms with Crippen molar-refractivity contribution in [2.75, 3.05) is 12.3 Å². The zero-order valence-corrected chi connectivity index (χ0v) is 13.0. The second kappa shape index (κ2) is 5.68. The Labute approximate surface area is 126 Å². The van der Waals surface area contributed by atoms with E-state index in [9.17, 15) is 13.2 Å². The number of aryl methyl sites for hydroxylation is 1. The highest BCUT2D eigenvalue weighted by Crippen LogP contribution is 2.32. The predicted molar refractivity (Wildman–Crippen MR) is 81.7 cm³/mol. The Balaban J connectivity index is 2.17. The fraction of sp³-hybridized carbons (Fsp3) is 0.273. The van der Waals surface area contributed by atoms with Gasteiger partial charge in [0.05, 0.1) is 10.7 Å². The summed E-state index contributed by atoms with van der Waals surface area (Å²) in [6.45, 7) is -0.145. The van der Waals surface area contributed by atoms with Gasteiger partial charge in [-0.1, -0.05) is 24.0 Å². The summed E-state index contributed by atoms with van der Waals surface area (Å²) >= 11 is 6.17.